The first-order chi connectivity index (χ1) is 9.06. The number of hydrogen-bond donors (Lipinski definition) is 2. The summed E-state index contributed by atoms with van der Waals surface area (Å²) in [5.74, 6) is 0. The smallest absolute Gasteiger partial charge is 0.106 e. The zero-order valence-electron chi connectivity index (χ0n) is 11.1. The molecule has 1 atom stereocenters. The normalized spacial score (nSPS) is 12.1. The molecule has 1 aromatic heterocycles. The van der Waals surface area contributed by atoms with Crippen LogP contribution >= 0.6 is 12.2 Å². The van der Waals surface area contributed by atoms with Crippen molar-refractivity contribution >= 4 is 22.9 Å². The van der Waals surface area contributed by atoms with Gasteiger partial charge < -0.3 is 15.6 Å². The molecule has 0 spiro atoms. The number of imidazole rings is 1. The molecule has 0 amide bonds. The van der Waals surface area contributed by atoms with Gasteiger partial charge in [-0.25, -0.2) is 4.98 Å². The Morgan fingerprint density at radius 3 is 2.95 bits per heavy atom. The maximum absolute atomic E-state index is 5.77. The van der Waals surface area contributed by atoms with Gasteiger partial charge in [0.2, 0.25) is 0 Å². The molecule has 3 N–H and O–H groups in total. The third kappa shape index (κ3) is 3.54. The Bertz CT molecular complexity index is 563. The lowest BCUT2D eigenvalue weighted by molar-refractivity contribution is 0.619. The van der Waals surface area contributed by atoms with Crippen LogP contribution in [0.5, 0.6) is 0 Å². The van der Waals surface area contributed by atoms with E-state index < -0.39 is 0 Å². The molecule has 0 radical (unpaired) electrons. The largest absolute Gasteiger partial charge is 0.389 e. The number of anilines is 1. The van der Waals surface area contributed by atoms with Crippen LogP contribution in [0.1, 0.15) is 18.1 Å². The molecule has 1 unspecified atom stereocenters. The predicted molar refractivity (Wildman–Crippen MR) is 82.4 cm³/mol. The first-order valence-electron chi connectivity index (χ1n) is 6.19. The molecule has 2 rings (SSSR count). The van der Waals surface area contributed by atoms with Crippen molar-refractivity contribution in [3.8, 4) is 0 Å². The van der Waals surface area contributed by atoms with Crippen LogP contribution in [0, 0.1) is 6.92 Å². The summed E-state index contributed by atoms with van der Waals surface area (Å²) >= 11 is 5.10. The van der Waals surface area contributed by atoms with Crippen molar-refractivity contribution in [2.45, 2.75) is 26.4 Å². The maximum Gasteiger partial charge on any atom is 0.106 e. The average Bonchev–Trinajstić information content (AvgIpc) is 2.83. The van der Waals surface area contributed by atoms with Crippen molar-refractivity contribution < 1.29 is 0 Å². The summed E-state index contributed by atoms with van der Waals surface area (Å²) < 4.78 is 2.03. The second-order valence-electron chi connectivity index (χ2n) is 4.72. The predicted octanol–water partition coefficient (Wildman–Crippen LogP) is 2.33. The number of rotatable bonds is 5. The van der Waals surface area contributed by atoms with Gasteiger partial charge in [0.1, 0.15) is 4.99 Å². The molecular weight excluding hydrogens is 256 g/mol. The molecular formula is C14H18N4S. The summed E-state index contributed by atoms with van der Waals surface area (Å²) in [7, 11) is 0. The van der Waals surface area contributed by atoms with Crippen LogP contribution in [0.4, 0.5) is 5.69 Å². The molecule has 100 valence electrons. The highest BCUT2D eigenvalue weighted by molar-refractivity contribution is 7.80. The molecule has 0 bridgehead atoms. The molecule has 0 saturated carbocycles. The zero-order chi connectivity index (χ0) is 13.8. The van der Waals surface area contributed by atoms with Crippen molar-refractivity contribution in [2.75, 3.05) is 5.32 Å². The lowest BCUT2D eigenvalue weighted by Gasteiger charge is -2.18. The summed E-state index contributed by atoms with van der Waals surface area (Å²) in [6.45, 7) is 4.98. The minimum atomic E-state index is 0.255. The number of aryl methyl sites for hydroxylation is 1. The number of thiocarbonyl (C=S) groups is 1. The molecule has 0 fully saturated rings. The van der Waals surface area contributed by atoms with E-state index in [1.54, 1.807) is 6.20 Å². The molecule has 0 aliphatic heterocycles. The van der Waals surface area contributed by atoms with Gasteiger partial charge >= 0.3 is 0 Å². The number of nitrogens with zero attached hydrogens (tertiary/aromatic N) is 2. The SMILES string of the molecule is Cc1ccc(NC(C)Cn2ccnc2)c(C(N)=S)c1. The van der Waals surface area contributed by atoms with Crippen LogP contribution in [-0.2, 0) is 6.54 Å². The Balaban J connectivity index is 2.12. The Hall–Kier alpha value is -1.88. The van der Waals surface area contributed by atoms with E-state index in [9.17, 15) is 0 Å². The van der Waals surface area contributed by atoms with Gasteiger partial charge in [-0.3, -0.25) is 0 Å². The quantitative estimate of drug-likeness (QED) is 0.822. The molecule has 4 nitrogen and oxygen atoms in total. The molecule has 1 aromatic carbocycles. The fraction of sp³-hybridized carbons (Fsp3) is 0.286. The van der Waals surface area contributed by atoms with E-state index in [-0.39, 0.29) is 6.04 Å². The molecule has 1 heterocycles. The van der Waals surface area contributed by atoms with Gasteiger partial charge in [0.25, 0.3) is 0 Å². The van der Waals surface area contributed by atoms with Crippen LogP contribution in [-0.4, -0.2) is 20.6 Å². The van der Waals surface area contributed by atoms with Crippen LogP contribution in [0.25, 0.3) is 0 Å². The lowest BCUT2D eigenvalue weighted by Crippen LogP contribution is -2.23. The van der Waals surface area contributed by atoms with Crippen molar-refractivity contribution in [2.24, 2.45) is 5.73 Å². The highest BCUT2D eigenvalue weighted by Gasteiger charge is 2.09. The standard InChI is InChI=1S/C14H18N4S/c1-10-3-4-13(12(7-10)14(15)19)17-11(2)8-18-6-5-16-9-18/h3-7,9,11,17H,8H2,1-2H3,(H2,15,19). The zero-order valence-corrected chi connectivity index (χ0v) is 11.9. The Morgan fingerprint density at radius 1 is 1.53 bits per heavy atom. The molecule has 0 aliphatic rings. The molecule has 0 aliphatic carbocycles. The summed E-state index contributed by atoms with van der Waals surface area (Å²) in [4.78, 5) is 4.45. The van der Waals surface area contributed by atoms with Gasteiger partial charge in [-0.2, -0.15) is 0 Å². The highest BCUT2D eigenvalue weighted by atomic mass is 32.1. The Kier molecular flexibility index (Phi) is 4.16. The van der Waals surface area contributed by atoms with E-state index in [1.165, 1.54) is 0 Å². The molecule has 2 aromatic rings. The third-order valence-electron chi connectivity index (χ3n) is 2.89. The topological polar surface area (TPSA) is 55.9 Å². The Labute approximate surface area is 118 Å². The van der Waals surface area contributed by atoms with Crippen molar-refractivity contribution in [3.05, 3.63) is 48.0 Å². The van der Waals surface area contributed by atoms with E-state index in [0.717, 1.165) is 23.4 Å². The summed E-state index contributed by atoms with van der Waals surface area (Å²) in [5, 5.41) is 3.44. The molecule has 0 saturated heterocycles. The van der Waals surface area contributed by atoms with E-state index >= 15 is 0 Å². The lowest BCUT2D eigenvalue weighted by atomic mass is 10.1. The molecule has 19 heavy (non-hydrogen) atoms. The van der Waals surface area contributed by atoms with Gasteiger partial charge in [-0.1, -0.05) is 23.8 Å². The Morgan fingerprint density at radius 2 is 2.32 bits per heavy atom. The van der Waals surface area contributed by atoms with E-state index in [2.05, 4.69) is 17.2 Å². The number of nitrogens with one attached hydrogen (secondary N) is 1. The van der Waals surface area contributed by atoms with E-state index in [1.807, 2.05) is 42.2 Å². The van der Waals surface area contributed by atoms with Gasteiger partial charge in [0.15, 0.2) is 0 Å². The molecule has 5 heteroatoms. The van der Waals surface area contributed by atoms with Crippen LogP contribution < -0.4 is 11.1 Å². The third-order valence-corrected chi connectivity index (χ3v) is 3.11. The van der Waals surface area contributed by atoms with Crippen LogP contribution in [0.3, 0.4) is 0 Å². The maximum atomic E-state index is 5.77. The first-order valence-corrected chi connectivity index (χ1v) is 6.60. The second kappa shape index (κ2) is 5.84. The minimum Gasteiger partial charge on any atom is -0.389 e. The fourth-order valence-corrected chi connectivity index (χ4v) is 2.18. The number of nitrogens with two attached hydrogens (primary N) is 1. The van der Waals surface area contributed by atoms with Gasteiger partial charge in [0, 0.05) is 36.2 Å². The second-order valence-corrected chi connectivity index (χ2v) is 5.16. The summed E-state index contributed by atoms with van der Waals surface area (Å²) in [6.07, 6.45) is 5.53. The van der Waals surface area contributed by atoms with Gasteiger partial charge in [-0.05, 0) is 26.0 Å². The van der Waals surface area contributed by atoms with Crippen LogP contribution in [0.2, 0.25) is 0 Å². The van der Waals surface area contributed by atoms with Crippen molar-refractivity contribution in [3.63, 3.8) is 0 Å². The number of hydrogen-bond acceptors (Lipinski definition) is 3. The number of benzene rings is 1. The minimum absolute atomic E-state index is 0.255. The monoisotopic (exact) mass is 274 g/mol. The fourth-order valence-electron chi connectivity index (χ4n) is 2.01. The van der Waals surface area contributed by atoms with Gasteiger partial charge in [0.05, 0.1) is 6.33 Å². The number of aromatic nitrogens is 2. The summed E-state index contributed by atoms with van der Waals surface area (Å²) in [6, 6.07) is 6.33. The van der Waals surface area contributed by atoms with Crippen molar-refractivity contribution in [1.82, 2.24) is 9.55 Å². The van der Waals surface area contributed by atoms with E-state index in [0.29, 0.717) is 4.99 Å². The van der Waals surface area contributed by atoms with Crippen molar-refractivity contribution in [1.29, 1.82) is 0 Å². The van der Waals surface area contributed by atoms with Crippen LogP contribution in [0.15, 0.2) is 36.9 Å². The average molecular weight is 274 g/mol. The first kappa shape index (κ1) is 13.5. The summed E-state index contributed by atoms with van der Waals surface area (Å²) in [5.41, 5.74) is 8.79. The van der Waals surface area contributed by atoms with Gasteiger partial charge in [-0.15, -0.1) is 0 Å². The highest BCUT2D eigenvalue weighted by Crippen LogP contribution is 2.18. The van der Waals surface area contributed by atoms with E-state index in [4.69, 9.17) is 18.0 Å².